The first kappa shape index (κ1) is 13.0. The standard InChI is InChI=1S/C15H15N3OS/c1-11-16-10-14(20-11)15(19-2)12-5-3-6-13(9-12)18-8-4-7-17-18/h3-10,15H,1-2H3. The fraction of sp³-hybridized carbons (Fsp3) is 0.200. The van der Waals surface area contributed by atoms with Crippen LogP contribution in [-0.4, -0.2) is 21.9 Å². The van der Waals surface area contributed by atoms with Crippen LogP contribution in [0.1, 0.15) is 21.6 Å². The Morgan fingerprint density at radius 2 is 2.20 bits per heavy atom. The number of methoxy groups -OCH3 is 1. The van der Waals surface area contributed by atoms with E-state index in [1.54, 1.807) is 24.6 Å². The molecule has 1 atom stereocenters. The van der Waals surface area contributed by atoms with Gasteiger partial charge >= 0.3 is 0 Å². The Balaban J connectivity index is 1.98. The van der Waals surface area contributed by atoms with Gasteiger partial charge in [-0.25, -0.2) is 9.67 Å². The fourth-order valence-electron chi connectivity index (χ4n) is 2.17. The number of ether oxygens (including phenoxy) is 1. The van der Waals surface area contributed by atoms with Gasteiger partial charge in [-0.15, -0.1) is 11.3 Å². The molecule has 0 aliphatic heterocycles. The number of nitrogens with zero attached hydrogens (tertiary/aromatic N) is 3. The fourth-order valence-corrected chi connectivity index (χ4v) is 3.06. The van der Waals surface area contributed by atoms with Crippen molar-refractivity contribution in [3.63, 3.8) is 0 Å². The summed E-state index contributed by atoms with van der Waals surface area (Å²) in [6.45, 7) is 2.00. The molecule has 2 aromatic heterocycles. The third kappa shape index (κ3) is 2.50. The predicted octanol–water partition coefficient (Wildman–Crippen LogP) is 3.37. The molecule has 1 unspecified atom stereocenters. The number of thiazole rings is 1. The summed E-state index contributed by atoms with van der Waals surface area (Å²) in [6.07, 6.45) is 5.50. The van der Waals surface area contributed by atoms with Crippen LogP contribution in [0.2, 0.25) is 0 Å². The maximum absolute atomic E-state index is 5.65. The van der Waals surface area contributed by atoms with Crippen LogP contribution in [0.25, 0.3) is 5.69 Å². The van der Waals surface area contributed by atoms with Crippen LogP contribution in [0.3, 0.4) is 0 Å². The van der Waals surface area contributed by atoms with Crippen molar-refractivity contribution in [2.45, 2.75) is 13.0 Å². The first-order chi connectivity index (χ1) is 9.78. The van der Waals surface area contributed by atoms with Gasteiger partial charge in [0.2, 0.25) is 0 Å². The molecule has 4 nitrogen and oxygen atoms in total. The highest BCUT2D eigenvalue weighted by atomic mass is 32.1. The third-order valence-electron chi connectivity index (χ3n) is 3.08. The summed E-state index contributed by atoms with van der Waals surface area (Å²) in [6, 6.07) is 10.1. The summed E-state index contributed by atoms with van der Waals surface area (Å²) in [5, 5.41) is 5.30. The summed E-state index contributed by atoms with van der Waals surface area (Å²) in [5.74, 6) is 0. The summed E-state index contributed by atoms with van der Waals surface area (Å²) in [4.78, 5) is 5.42. The van der Waals surface area contributed by atoms with E-state index in [0.717, 1.165) is 21.1 Å². The molecular weight excluding hydrogens is 270 g/mol. The van der Waals surface area contributed by atoms with E-state index in [1.807, 2.05) is 42.2 Å². The molecule has 0 spiro atoms. The molecule has 0 aliphatic carbocycles. The molecule has 3 rings (SSSR count). The number of rotatable bonds is 4. The van der Waals surface area contributed by atoms with E-state index in [9.17, 15) is 0 Å². The number of aromatic nitrogens is 3. The van der Waals surface area contributed by atoms with Crippen LogP contribution in [0, 0.1) is 6.92 Å². The Morgan fingerprint density at radius 1 is 1.30 bits per heavy atom. The lowest BCUT2D eigenvalue weighted by molar-refractivity contribution is 0.139. The lowest BCUT2D eigenvalue weighted by atomic mass is 10.1. The van der Waals surface area contributed by atoms with Gasteiger partial charge in [0.1, 0.15) is 6.10 Å². The van der Waals surface area contributed by atoms with E-state index in [4.69, 9.17) is 4.74 Å². The highest BCUT2D eigenvalue weighted by molar-refractivity contribution is 7.11. The van der Waals surface area contributed by atoms with Crippen LogP contribution in [0.4, 0.5) is 0 Å². The SMILES string of the molecule is COC(c1cccc(-n2cccn2)c1)c1cnc(C)s1. The van der Waals surface area contributed by atoms with Crippen LogP contribution in [0.15, 0.2) is 48.9 Å². The van der Waals surface area contributed by atoms with Crippen molar-refractivity contribution in [3.05, 3.63) is 64.4 Å². The quantitative estimate of drug-likeness (QED) is 0.738. The minimum Gasteiger partial charge on any atom is -0.371 e. The number of benzene rings is 1. The summed E-state index contributed by atoms with van der Waals surface area (Å²) < 4.78 is 7.49. The Morgan fingerprint density at radius 3 is 2.85 bits per heavy atom. The van der Waals surface area contributed by atoms with Crippen molar-refractivity contribution in [2.24, 2.45) is 0 Å². The molecule has 0 aliphatic rings. The first-order valence-corrected chi connectivity index (χ1v) is 7.14. The molecule has 0 amide bonds. The van der Waals surface area contributed by atoms with Gasteiger partial charge in [-0.1, -0.05) is 12.1 Å². The van der Waals surface area contributed by atoms with Crippen LogP contribution in [0.5, 0.6) is 0 Å². The summed E-state index contributed by atoms with van der Waals surface area (Å²) in [7, 11) is 1.72. The average Bonchev–Trinajstić information content (AvgIpc) is 3.12. The molecule has 1 aromatic carbocycles. The molecule has 0 radical (unpaired) electrons. The molecular formula is C15H15N3OS. The van der Waals surface area contributed by atoms with Gasteiger partial charge in [0.05, 0.1) is 15.6 Å². The first-order valence-electron chi connectivity index (χ1n) is 6.33. The molecule has 5 heteroatoms. The normalized spacial score (nSPS) is 12.5. The highest BCUT2D eigenvalue weighted by Crippen LogP contribution is 2.30. The third-order valence-corrected chi connectivity index (χ3v) is 4.03. The van der Waals surface area contributed by atoms with E-state index in [-0.39, 0.29) is 6.10 Å². The Kier molecular flexibility index (Phi) is 3.62. The van der Waals surface area contributed by atoms with Crippen molar-refractivity contribution < 1.29 is 4.74 Å². The predicted molar refractivity (Wildman–Crippen MR) is 79.3 cm³/mol. The zero-order chi connectivity index (χ0) is 13.9. The van der Waals surface area contributed by atoms with Crippen molar-refractivity contribution in [1.29, 1.82) is 0 Å². The van der Waals surface area contributed by atoms with Crippen molar-refractivity contribution in [1.82, 2.24) is 14.8 Å². The second-order valence-corrected chi connectivity index (χ2v) is 5.71. The van der Waals surface area contributed by atoms with Gasteiger partial charge in [0, 0.05) is 25.7 Å². The lowest BCUT2D eigenvalue weighted by Gasteiger charge is -2.14. The molecule has 0 fully saturated rings. The van der Waals surface area contributed by atoms with Gasteiger partial charge in [-0.3, -0.25) is 0 Å². The zero-order valence-corrected chi connectivity index (χ0v) is 12.2. The van der Waals surface area contributed by atoms with E-state index in [0.29, 0.717) is 0 Å². The maximum atomic E-state index is 5.65. The van der Waals surface area contributed by atoms with E-state index < -0.39 is 0 Å². The van der Waals surface area contributed by atoms with Gasteiger partial charge in [-0.05, 0) is 30.7 Å². The smallest absolute Gasteiger partial charge is 0.118 e. The average molecular weight is 285 g/mol. The van der Waals surface area contributed by atoms with Crippen molar-refractivity contribution in [2.75, 3.05) is 7.11 Å². The highest BCUT2D eigenvalue weighted by Gasteiger charge is 2.16. The molecule has 102 valence electrons. The molecule has 0 bridgehead atoms. The number of hydrogen-bond acceptors (Lipinski definition) is 4. The second kappa shape index (κ2) is 5.56. The van der Waals surface area contributed by atoms with Gasteiger partial charge in [0.25, 0.3) is 0 Å². The number of hydrogen-bond donors (Lipinski definition) is 0. The van der Waals surface area contributed by atoms with E-state index in [2.05, 4.69) is 22.2 Å². The van der Waals surface area contributed by atoms with Gasteiger partial charge < -0.3 is 4.74 Å². The minimum atomic E-state index is -0.0864. The van der Waals surface area contributed by atoms with Crippen molar-refractivity contribution >= 4 is 11.3 Å². The molecule has 3 aromatic rings. The Labute approximate surface area is 121 Å². The monoisotopic (exact) mass is 285 g/mol. The largest absolute Gasteiger partial charge is 0.371 e. The minimum absolute atomic E-state index is 0.0864. The Bertz CT molecular complexity index is 691. The summed E-state index contributed by atoms with van der Waals surface area (Å²) in [5.41, 5.74) is 2.12. The van der Waals surface area contributed by atoms with Crippen LogP contribution < -0.4 is 0 Å². The van der Waals surface area contributed by atoms with Gasteiger partial charge in [0.15, 0.2) is 0 Å². The van der Waals surface area contributed by atoms with Crippen molar-refractivity contribution in [3.8, 4) is 5.69 Å². The molecule has 2 heterocycles. The van der Waals surface area contributed by atoms with E-state index >= 15 is 0 Å². The summed E-state index contributed by atoms with van der Waals surface area (Å²) >= 11 is 1.66. The second-order valence-electron chi connectivity index (χ2n) is 4.44. The lowest BCUT2D eigenvalue weighted by Crippen LogP contribution is -2.03. The molecule has 0 saturated heterocycles. The van der Waals surface area contributed by atoms with Crippen LogP contribution in [-0.2, 0) is 4.74 Å². The van der Waals surface area contributed by atoms with Crippen LogP contribution >= 0.6 is 11.3 Å². The zero-order valence-electron chi connectivity index (χ0n) is 11.4. The molecule has 0 N–H and O–H groups in total. The molecule has 20 heavy (non-hydrogen) atoms. The molecule has 0 saturated carbocycles. The Hall–Kier alpha value is -1.98. The maximum Gasteiger partial charge on any atom is 0.118 e. The van der Waals surface area contributed by atoms with Gasteiger partial charge in [-0.2, -0.15) is 5.10 Å². The number of aryl methyl sites for hydroxylation is 1. The van der Waals surface area contributed by atoms with E-state index in [1.165, 1.54) is 0 Å². The topological polar surface area (TPSA) is 39.9 Å².